The zero-order valence-corrected chi connectivity index (χ0v) is 11.0. The third-order valence-corrected chi connectivity index (χ3v) is 2.65. The molecule has 0 aliphatic rings. The van der Waals surface area contributed by atoms with Crippen LogP contribution in [0.1, 0.15) is 33.6 Å². The summed E-state index contributed by atoms with van der Waals surface area (Å²) in [6, 6.07) is 0.220. The molecule has 0 aliphatic heterocycles. The van der Waals surface area contributed by atoms with Crippen LogP contribution in [-0.2, 0) is 6.54 Å². The van der Waals surface area contributed by atoms with E-state index >= 15 is 0 Å². The van der Waals surface area contributed by atoms with Gasteiger partial charge in [0.25, 0.3) is 5.56 Å². The van der Waals surface area contributed by atoms with Gasteiger partial charge >= 0.3 is 0 Å². The number of fused-ring (bicyclic) bond motifs is 1. The number of rotatable bonds is 5. The summed E-state index contributed by atoms with van der Waals surface area (Å²) in [5.41, 5.74) is 0.856. The maximum atomic E-state index is 11.9. The summed E-state index contributed by atoms with van der Waals surface area (Å²) in [5.74, 6) is 0.501. The van der Waals surface area contributed by atoms with Crippen LogP contribution in [0.3, 0.4) is 0 Å². The molecule has 2 aromatic heterocycles. The van der Waals surface area contributed by atoms with Gasteiger partial charge in [0, 0.05) is 12.6 Å². The molecule has 6 heteroatoms. The molecule has 2 heterocycles. The molecule has 2 N–H and O–H groups in total. The van der Waals surface area contributed by atoms with Crippen LogP contribution in [0.15, 0.2) is 11.1 Å². The monoisotopic (exact) mass is 249 g/mol. The Balaban J connectivity index is 2.43. The SMILES string of the molecule is CCCCn1cnc2c(=O)[nH]c(NC(C)C)nc21. The standard InChI is InChI=1S/C12H19N5O/c1-4-5-6-17-7-13-9-10(17)15-12(14-8(2)3)16-11(9)18/h7-8H,4-6H2,1-3H3,(H2,14,15,16,18). The minimum Gasteiger partial charge on any atom is -0.354 e. The predicted octanol–water partition coefficient (Wildman–Crippen LogP) is 1.74. The molecule has 0 bridgehead atoms. The fourth-order valence-electron chi connectivity index (χ4n) is 1.79. The number of H-pyrrole nitrogens is 1. The van der Waals surface area contributed by atoms with Crippen LogP contribution >= 0.6 is 0 Å². The molecule has 0 fully saturated rings. The lowest BCUT2D eigenvalue weighted by molar-refractivity contribution is 0.641. The van der Waals surface area contributed by atoms with E-state index < -0.39 is 0 Å². The molecule has 0 saturated heterocycles. The van der Waals surface area contributed by atoms with Gasteiger partial charge in [-0.3, -0.25) is 9.78 Å². The highest BCUT2D eigenvalue weighted by Gasteiger charge is 2.10. The van der Waals surface area contributed by atoms with Gasteiger partial charge in [0.05, 0.1) is 6.33 Å². The molecule has 0 spiro atoms. The molecule has 6 nitrogen and oxygen atoms in total. The summed E-state index contributed by atoms with van der Waals surface area (Å²) < 4.78 is 1.93. The van der Waals surface area contributed by atoms with Crippen LogP contribution in [0.25, 0.3) is 11.2 Å². The first-order valence-corrected chi connectivity index (χ1v) is 6.33. The molecule has 0 radical (unpaired) electrons. The summed E-state index contributed by atoms with van der Waals surface area (Å²) in [7, 11) is 0. The quantitative estimate of drug-likeness (QED) is 0.846. The molecule has 0 atom stereocenters. The van der Waals surface area contributed by atoms with E-state index in [0.29, 0.717) is 17.1 Å². The van der Waals surface area contributed by atoms with Gasteiger partial charge < -0.3 is 9.88 Å². The number of aromatic nitrogens is 4. The Labute approximate surface area is 105 Å². The number of unbranched alkanes of at least 4 members (excludes halogenated alkanes) is 1. The van der Waals surface area contributed by atoms with Crippen LogP contribution in [0.4, 0.5) is 5.95 Å². The highest BCUT2D eigenvalue weighted by Crippen LogP contribution is 2.09. The normalized spacial score (nSPS) is 11.3. The molecule has 0 saturated carbocycles. The number of hydrogen-bond donors (Lipinski definition) is 2. The van der Waals surface area contributed by atoms with E-state index in [0.717, 1.165) is 19.4 Å². The van der Waals surface area contributed by atoms with Crippen molar-refractivity contribution in [2.24, 2.45) is 0 Å². The second-order valence-corrected chi connectivity index (χ2v) is 4.68. The number of nitrogens with one attached hydrogen (secondary N) is 2. The summed E-state index contributed by atoms with van der Waals surface area (Å²) >= 11 is 0. The maximum Gasteiger partial charge on any atom is 0.280 e. The minimum atomic E-state index is -0.196. The molecular formula is C12H19N5O. The van der Waals surface area contributed by atoms with E-state index in [1.807, 2.05) is 18.4 Å². The van der Waals surface area contributed by atoms with E-state index in [4.69, 9.17) is 0 Å². The molecule has 0 aliphatic carbocycles. The van der Waals surface area contributed by atoms with Gasteiger partial charge in [-0.2, -0.15) is 4.98 Å². The first-order valence-electron chi connectivity index (χ1n) is 6.33. The topological polar surface area (TPSA) is 75.6 Å². The Kier molecular flexibility index (Phi) is 3.64. The van der Waals surface area contributed by atoms with Crippen LogP contribution in [0.5, 0.6) is 0 Å². The van der Waals surface area contributed by atoms with Crippen LogP contribution < -0.4 is 10.9 Å². The van der Waals surface area contributed by atoms with Crippen molar-refractivity contribution in [1.29, 1.82) is 0 Å². The number of imidazole rings is 1. The van der Waals surface area contributed by atoms with E-state index in [1.165, 1.54) is 0 Å². The number of nitrogens with zero attached hydrogens (tertiary/aromatic N) is 3. The Morgan fingerprint density at radius 1 is 1.50 bits per heavy atom. The van der Waals surface area contributed by atoms with Crippen molar-refractivity contribution in [3.05, 3.63) is 16.7 Å². The van der Waals surface area contributed by atoms with Gasteiger partial charge in [-0.05, 0) is 20.3 Å². The van der Waals surface area contributed by atoms with Crippen LogP contribution in [-0.4, -0.2) is 25.6 Å². The first kappa shape index (κ1) is 12.6. The Hall–Kier alpha value is -1.85. The zero-order valence-electron chi connectivity index (χ0n) is 11.0. The second-order valence-electron chi connectivity index (χ2n) is 4.68. The van der Waals surface area contributed by atoms with Crippen molar-refractivity contribution in [3.8, 4) is 0 Å². The summed E-state index contributed by atoms with van der Waals surface area (Å²) in [6.45, 7) is 6.97. The highest BCUT2D eigenvalue weighted by atomic mass is 16.1. The molecule has 18 heavy (non-hydrogen) atoms. The molecule has 0 unspecified atom stereocenters. The number of aryl methyl sites for hydroxylation is 1. The van der Waals surface area contributed by atoms with Crippen molar-refractivity contribution in [1.82, 2.24) is 19.5 Å². The molecule has 2 rings (SSSR count). The molecular weight excluding hydrogens is 230 g/mol. The van der Waals surface area contributed by atoms with E-state index in [2.05, 4.69) is 27.2 Å². The number of aromatic amines is 1. The van der Waals surface area contributed by atoms with E-state index in [-0.39, 0.29) is 11.6 Å². The smallest absolute Gasteiger partial charge is 0.280 e. The fourth-order valence-corrected chi connectivity index (χ4v) is 1.79. The van der Waals surface area contributed by atoms with E-state index in [1.54, 1.807) is 6.33 Å². The van der Waals surface area contributed by atoms with Crippen molar-refractivity contribution >= 4 is 17.1 Å². The predicted molar refractivity (Wildman–Crippen MR) is 71.8 cm³/mol. The summed E-state index contributed by atoms with van der Waals surface area (Å²) in [4.78, 5) is 23.1. The lowest BCUT2D eigenvalue weighted by atomic mass is 10.3. The van der Waals surface area contributed by atoms with Gasteiger partial charge in [0.1, 0.15) is 0 Å². The molecule has 2 aromatic rings. The highest BCUT2D eigenvalue weighted by molar-refractivity contribution is 5.70. The Morgan fingerprint density at radius 3 is 2.94 bits per heavy atom. The van der Waals surface area contributed by atoms with Gasteiger partial charge in [-0.1, -0.05) is 13.3 Å². The Bertz CT molecular complexity index is 584. The van der Waals surface area contributed by atoms with Crippen LogP contribution in [0, 0.1) is 0 Å². The lowest BCUT2D eigenvalue weighted by Crippen LogP contribution is -2.18. The second kappa shape index (κ2) is 5.20. The molecule has 98 valence electrons. The zero-order chi connectivity index (χ0) is 13.1. The third-order valence-electron chi connectivity index (χ3n) is 2.65. The molecule has 0 aromatic carbocycles. The number of hydrogen-bond acceptors (Lipinski definition) is 4. The summed E-state index contributed by atoms with van der Waals surface area (Å²) in [5, 5.41) is 3.10. The van der Waals surface area contributed by atoms with Crippen molar-refractivity contribution in [2.45, 2.75) is 46.2 Å². The summed E-state index contributed by atoms with van der Waals surface area (Å²) in [6.07, 6.45) is 3.83. The first-order chi connectivity index (χ1) is 8.61. The maximum absolute atomic E-state index is 11.9. The average molecular weight is 249 g/mol. The largest absolute Gasteiger partial charge is 0.354 e. The van der Waals surface area contributed by atoms with Gasteiger partial charge in [-0.15, -0.1) is 0 Å². The van der Waals surface area contributed by atoms with Crippen molar-refractivity contribution < 1.29 is 0 Å². The van der Waals surface area contributed by atoms with Gasteiger partial charge in [-0.25, -0.2) is 4.98 Å². The van der Waals surface area contributed by atoms with E-state index in [9.17, 15) is 4.79 Å². The van der Waals surface area contributed by atoms with Crippen molar-refractivity contribution in [3.63, 3.8) is 0 Å². The Morgan fingerprint density at radius 2 is 2.28 bits per heavy atom. The third kappa shape index (κ3) is 2.52. The fraction of sp³-hybridized carbons (Fsp3) is 0.583. The minimum absolute atomic E-state index is 0.196. The molecule has 0 amide bonds. The van der Waals surface area contributed by atoms with Gasteiger partial charge in [0.15, 0.2) is 11.2 Å². The van der Waals surface area contributed by atoms with Crippen molar-refractivity contribution in [2.75, 3.05) is 5.32 Å². The lowest BCUT2D eigenvalue weighted by Gasteiger charge is -2.08. The van der Waals surface area contributed by atoms with Gasteiger partial charge in [0.2, 0.25) is 5.95 Å². The number of anilines is 1. The van der Waals surface area contributed by atoms with Crippen LogP contribution in [0.2, 0.25) is 0 Å². The average Bonchev–Trinajstić information content (AvgIpc) is 2.69.